The second-order valence-corrected chi connectivity index (χ2v) is 5.99. The number of aliphatic imine (C=N–C) groups is 1. The zero-order valence-electron chi connectivity index (χ0n) is 11.7. The van der Waals surface area contributed by atoms with Crippen LogP contribution in [-0.4, -0.2) is 50.0 Å². The molecule has 6 nitrogen and oxygen atoms in total. The van der Waals surface area contributed by atoms with Crippen LogP contribution in [0.1, 0.15) is 5.56 Å². The zero-order chi connectivity index (χ0) is 14.5. The van der Waals surface area contributed by atoms with E-state index in [2.05, 4.69) is 19.9 Å². The summed E-state index contributed by atoms with van der Waals surface area (Å²) in [4.78, 5) is 15.0. The minimum absolute atomic E-state index is 0.569. The Balaban J connectivity index is 1.68. The minimum Gasteiger partial charge on any atom is -0.370 e. The van der Waals surface area contributed by atoms with Crippen molar-refractivity contribution >= 4 is 17.7 Å². The molecule has 0 aromatic carbocycles. The molecule has 1 aliphatic rings. The number of nitrogens with two attached hydrogens (primary N) is 1. The van der Waals surface area contributed by atoms with Gasteiger partial charge in [0.2, 0.25) is 0 Å². The van der Waals surface area contributed by atoms with Crippen LogP contribution < -0.4 is 5.73 Å². The van der Waals surface area contributed by atoms with Gasteiger partial charge in [-0.2, -0.15) is 11.8 Å². The molecule has 0 spiro atoms. The van der Waals surface area contributed by atoms with Crippen LogP contribution in [0.15, 0.2) is 42.0 Å². The van der Waals surface area contributed by atoms with Crippen LogP contribution in [0.5, 0.6) is 0 Å². The number of pyridine rings is 1. The maximum Gasteiger partial charge on any atom is 0.191 e. The van der Waals surface area contributed by atoms with Crippen LogP contribution in [0.3, 0.4) is 0 Å². The predicted octanol–water partition coefficient (Wildman–Crippen LogP) is 1.13. The molecule has 0 atom stereocenters. The third kappa shape index (κ3) is 3.55. The molecule has 7 heteroatoms. The fourth-order valence-corrected chi connectivity index (χ4v) is 3.06. The number of hydrogen-bond acceptors (Lipinski definition) is 4. The van der Waals surface area contributed by atoms with Gasteiger partial charge in [0.25, 0.3) is 0 Å². The van der Waals surface area contributed by atoms with E-state index in [4.69, 9.17) is 5.73 Å². The van der Waals surface area contributed by atoms with Gasteiger partial charge in [0.1, 0.15) is 12.1 Å². The summed E-state index contributed by atoms with van der Waals surface area (Å²) in [6.07, 6.45) is 7.12. The molecule has 21 heavy (non-hydrogen) atoms. The molecule has 110 valence electrons. The SMILES string of the molecule is NC(=NCc1ccnc(-n2ccnc2)c1)N1CCSCC1. The molecule has 0 radical (unpaired) electrons. The van der Waals surface area contributed by atoms with E-state index >= 15 is 0 Å². The predicted molar refractivity (Wildman–Crippen MR) is 85.6 cm³/mol. The molecule has 2 aromatic heterocycles. The van der Waals surface area contributed by atoms with Gasteiger partial charge in [-0.15, -0.1) is 0 Å². The van der Waals surface area contributed by atoms with E-state index in [1.54, 1.807) is 18.7 Å². The Morgan fingerprint density at radius 2 is 2.19 bits per heavy atom. The quantitative estimate of drug-likeness (QED) is 0.680. The van der Waals surface area contributed by atoms with Gasteiger partial charge in [-0.3, -0.25) is 4.57 Å². The fraction of sp³-hybridized carbons (Fsp3) is 0.357. The highest BCUT2D eigenvalue weighted by molar-refractivity contribution is 7.99. The van der Waals surface area contributed by atoms with E-state index in [1.165, 1.54) is 0 Å². The van der Waals surface area contributed by atoms with Crippen molar-refractivity contribution < 1.29 is 0 Å². The monoisotopic (exact) mass is 302 g/mol. The van der Waals surface area contributed by atoms with Gasteiger partial charge in [-0.05, 0) is 17.7 Å². The van der Waals surface area contributed by atoms with Crippen molar-refractivity contribution in [3.05, 3.63) is 42.6 Å². The van der Waals surface area contributed by atoms with Crippen LogP contribution in [-0.2, 0) is 6.54 Å². The lowest BCUT2D eigenvalue weighted by molar-refractivity contribution is 0.455. The largest absolute Gasteiger partial charge is 0.370 e. The van der Waals surface area contributed by atoms with Crippen LogP contribution in [0.2, 0.25) is 0 Å². The summed E-state index contributed by atoms with van der Waals surface area (Å²) in [7, 11) is 0. The van der Waals surface area contributed by atoms with Crippen molar-refractivity contribution in [1.29, 1.82) is 0 Å². The molecule has 3 heterocycles. The maximum atomic E-state index is 6.06. The van der Waals surface area contributed by atoms with Gasteiger partial charge in [0.05, 0.1) is 6.54 Å². The van der Waals surface area contributed by atoms with Crippen LogP contribution in [0, 0.1) is 0 Å². The summed E-state index contributed by atoms with van der Waals surface area (Å²) >= 11 is 1.96. The molecule has 0 aliphatic carbocycles. The standard InChI is InChI=1S/C14H18N6S/c15-14(19-5-7-21-8-6-19)18-10-12-1-2-17-13(9-12)20-4-3-16-11-20/h1-4,9,11H,5-8,10H2,(H2,15,18). The Morgan fingerprint density at radius 3 is 2.95 bits per heavy atom. The first-order chi connectivity index (χ1) is 10.3. The third-order valence-corrected chi connectivity index (χ3v) is 4.28. The Labute approximate surface area is 128 Å². The van der Waals surface area contributed by atoms with Crippen molar-refractivity contribution in [3.63, 3.8) is 0 Å². The Kier molecular flexibility index (Phi) is 4.40. The highest BCUT2D eigenvalue weighted by Crippen LogP contribution is 2.10. The molecule has 1 aliphatic heterocycles. The second-order valence-electron chi connectivity index (χ2n) is 4.77. The molecule has 3 rings (SSSR count). The van der Waals surface area contributed by atoms with Gasteiger partial charge >= 0.3 is 0 Å². The van der Waals surface area contributed by atoms with Crippen molar-refractivity contribution in [3.8, 4) is 5.82 Å². The Hall–Kier alpha value is -2.02. The van der Waals surface area contributed by atoms with Gasteiger partial charge in [-0.25, -0.2) is 15.0 Å². The average Bonchev–Trinajstić information content (AvgIpc) is 3.08. The lowest BCUT2D eigenvalue weighted by atomic mass is 10.2. The summed E-state index contributed by atoms with van der Waals surface area (Å²) in [5.74, 6) is 3.72. The molecular formula is C14H18N6S. The third-order valence-electron chi connectivity index (χ3n) is 3.34. The fourth-order valence-electron chi connectivity index (χ4n) is 2.16. The van der Waals surface area contributed by atoms with E-state index in [0.29, 0.717) is 12.5 Å². The molecule has 1 fully saturated rings. The maximum absolute atomic E-state index is 6.06. The molecule has 0 amide bonds. The average molecular weight is 302 g/mol. The summed E-state index contributed by atoms with van der Waals surface area (Å²) in [5, 5.41) is 0. The van der Waals surface area contributed by atoms with Crippen LogP contribution in [0.25, 0.3) is 5.82 Å². The molecular weight excluding hydrogens is 284 g/mol. The van der Waals surface area contributed by atoms with Gasteiger partial charge in [0.15, 0.2) is 5.96 Å². The number of imidazole rings is 1. The second kappa shape index (κ2) is 6.62. The molecule has 0 unspecified atom stereocenters. The first kappa shape index (κ1) is 13.9. The number of rotatable bonds is 3. The Bertz CT molecular complexity index is 604. The number of thioether (sulfide) groups is 1. The van der Waals surface area contributed by atoms with Gasteiger partial charge < -0.3 is 10.6 Å². The molecule has 0 saturated carbocycles. The number of hydrogen-bond donors (Lipinski definition) is 1. The smallest absolute Gasteiger partial charge is 0.191 e. The number of aromatic nitrogens is 3. The van der Waals surface area contributed by atoms with Gasteiger partial charge in [-0.1, -0.05) is 0 Å². The van der Waals surface area contributed by atoms with E-state index in [1.807, 2.05) is 34.7 Å². The first-order valence-electron chi connectivity index (χ1n) is 6.89. The van der Waals surface area contributed by atoms with Crippen molar-refractivity contribution in [1.82, 2.24) is 19.4 Å². The van der Waals surface area contributed by atoms with E-state index < -0.39 is 0 Å². The van der Waals surface area contributed by atoms with Crippen molar-refractivity contribution in [2.45, 2.75) is 6.54 Å². The van der Waals surface area contributed by atoms with Crippen molar-refractivity contribution in [2.75, 3.05) is 24.6 Å². The summed E-state index contributed by atoms with van der Waals surface area (Å²) < 4.78 is 1.87. The highest BCUT2D eigenvalue weighted by atomic mass is 32.2. The van der Waals surface area contributed by atoms with Crippen LogP contribution in [0.4, 0.5) is 0 Å². The molecule has 0 bridgehead atoms. The van der Waals surface area contributed by atoms with E-state index in [-0.39, 0.29) is 0 Å². The Morgan fingerprint density at radius 1 is 1.33 bits per heavy atom. The summed E-state index contributed by atoms with van der Waals surface area (Å²) in [5.41, 5.74) is 7.15. The van der Waals surface area contributed by atoms with Gasteiger partial charge in [0, 0.05) is 43.2 Å². The normalized spacial score (nSPS) is 16.2. The molecule has 2 aromatic rings. The molecule has 1 saturated heterocycles. The highest BCUT2D eigenvalue weighted by Gasteiger charge is 2.11. The van der Waals surface area contributed by atoms with Crippen LogP contribution >= 0.6 is 11.8 Å². The zero-order valence-corrected chi connectivity index (χ0v) is 12.5. The first-order valence-corrected chi connectivity index (χ1v) is 8.04. The molecule has 2 N–H and O–H groups in total. The topological polar surface area (TPSA) is 72.3 Å². The number of nitrogens with zero attached hydrogens (tertiary/aromatic N) is 5. The van der Waals surface area contributed by atoms with E-state index in [9.17, 15) is 0 Å². The number of guanidine groups is 1. The lowest BCUT2D eigenvalue weighted by Crippen LogP contribution is -2.42. The van der Waals surface area contributed by atoms with Crippen molar-refractivity contribution in [2.24, 2.45) is 10.7 Å². The lowest BCUT2D eigenvalue weighted by Gasteiger charge is -2.27. The van der Waals surface area contributed by atoms with E-state index in [0.717, 1.165) is 36.0 Å². The summed E-state index contributed by atoms with van der Waals surface area (Å²) in [6.45, 7) is 2.53. The summed E-state index contributed by atoms with van der Waals surface area (Å²) in [6, 6.07) is 3.97. The minimum atomic E-state index is 0.569.